The van der Waals surface area contributed by atoms with Gasteiger partial charge in [-0.1, -0.05) is 176 Å². The Balaban J connectivity index is 1.14. The lowest BCUT2D eigenvalue weighted by Gasteiger charge is -2.15. The molecule has 0 radical (unpaired) electrons. The Labute approximate surface area is 364 Å². The quantitative estimate of drug-likeness (QED) is 0.143. The summed E-state index contributed by atoms with van der Waals surface area (Å²) in [4.78, 5) is 0. The van der Waals surface area contributed by atoms with Gasteiger partial charge in [-0.2, -0.15) is 5.26 Å². The molecule has 10 aromatic carbocycles. The van der Waals surface area contributed by atoms with E-state index in [-0.39, 0.29) is 0 Å². The van der Waals surface area contributed by atoms with Gasteiger partial charge in [0, 0.05) is 0 Å². The molecule has 0 heterocycles. The molecule has 1 nitrogen and oxygen atoms in total. The molecule has 0 aliphatic carbocycles. The molecule has 10 aromatic rings. The Hall–Kier alpha value is -8.31. The van der Waals surface area contributed by atoms with Crippen molar-refractivity contribution in [3.8, 4) is 106 Å². The highest BCUT2D eigenvalue weighted by Crippen LogP contribution is 2.39. The summed E-state index contributed by atoms with van der Waals surface area (Å²) in [5.74, 6) is 0. The number of hydrogen-bond donors (Lipinski definition) is 0. The van der Waals surface area contributed by atoms with E-state index in [1.807, 2.05) is 12.1 Å². The Kier molecular flexibility index (Phi) is 10.5. The maximum absolute atomic E-state index is 10.6. The minimum Gasteiger partial charge on any atom is -0.192 e. The number of rotatable bonds is 9. The highest BCUT2D eigenvalue weighted by atomic mass is 14.2. The molecule has 1 heteroatoms. The van der Waals surface area contributed by atoms with E-state index in [1.54, 1.807) is 0 Å². The lowest BCUT2D eigenvalue weighted by atomic mass is 9.88. The fourth-order valence-corrected chi connectivity index (χ4v) is 8.44. The molecule has 10 rings (SSSR count). The maximum Gasteiger partial charge on any atom is 0.0992 e. The van der Waals surface area contributed by atoms with Crippen molar-refractivity contribution in [1.82, 2.24) is 0 Å². The van der Waals surface area contributed by atoms with Crippen LogP contribution in [0.2, 0.25) is 0 Å². The Bertz CT molecular complexity index is 3110. The zero-order chi connectivity index (χ0) is 41.7. The standard InChI is InChI=1S/C61H41N/c62-42-43-30-54(60-37-56(47-22-11-4-12-23-47)36-57(39-60)51-27-13-24-48(32-51)44-16-5-1-6-17-44)35-55(31-43)61-40-58(52-28-14-25-49(33-52)45-18-7-2-8-19-45)38-59(41-61)53-29-15-26-50(34-53)46-20-9-3-10-21-46/h1-41H. The van der Waals surface area contributed by atoms with Crippen LogP contribution in [0, 0.1) is 11.3 Å². The van der Waals surface area contributed by atoms with Gasteiger partial charge >= 0.3 is 0 Å². The topological polar surface area (TPSA) is 23.8 Å². The summed E-state index contributed by atoms with van der Waals surface area (Å²) in [6, 6.07) is 90.9. The summed E-state index contributed by atoms with van der Waals surface area (Å²) in [5.41, 5.74) is 20.7. The fraction of sp³-hybridized carbons (Fsp3) is 0. The molecule has 62 heavy (non-hydrogen) atoms. The van der Waals surface area contributed by atoms with Crippen molar-refractivity contribution in [1.29, 1.82) is 5.26 Å². The van der Waals surface area contributed by atoms with Crippen molar-refractivity contribution in [3.05, 3.63) is 254 Å². The predicted octanol–water partition coefficient (Wildman–Crippen LogP) is 16.6. The van der Waals surface area contributed by atoms with Crippen LogP contribution in [-0.4, -0.2) is 0 Å². The monoisotopic (exact) mass is 787 g/mol. The second kappa shape index (κ2) is 17.1. The first kappa shape index (κ1) is 37.9. The highest BCUT2D eigenvalue weighted by Gasteiger charge is 2.14. The first-order valence-corrected chi connectivity index (χ1v) is 21.0. The van der Waals surface area contributed by atoms with Gasteiger partial charge in [0.1, 0.15) is 0 Å². The maximum atomic E-state index is 10.6. The van der Waals surface area contributed by atoms with E-state index in [4.69, 9.17) is 0 Å². The summed E-state index contributed by atoms with van der Waals surface area (Å²) >= 11 is 0. The molecule has 0 saturated carbocycles. The third kappa shape index (κ3) is 8.15. The van der Waals surface area contributed by atoms with Crippen molar-refractivity contribution >= 4 is 0 Å². The molecule has 0 aliphatic heterocycles. The summed E-state index contributed by atoms with van der Waals surface area (Å²) < 4.78 is 0. The molecule has 0 N–H and O–H groups in total. The van der Waals surface area contributed by atoms with E-state index in [0.29, 0.717) is 5.56 Å². The van der Waals surface area contributed by atoms with E-state index in [1.165, 1.54) is 33.4 Å². The first-order chi connectivity index (χ1) is 30.6. The number of benzene rings is 10. The molecular weight excluding hydrogens is 747 g/mol. The van der Waals surface area contributed by atoms with Gasteiger partial charge in [0.25, 0.3) is 0 Å². The fourth-order valence-electron chi connectivity index (χ4n) is 8.44. The molecule has 0 amide bonds. The molecule has 0 saturated heterocycles. The minimum atomic E-state index is 0.611. The van der Waals surface area contributed by atoms with Crippen LogP contribution in [0.4, 0.5) is 0 Å². The largest absolute Gasteiger partial charge is 0.192 e. The van der Waals surface area contributed by atoms with Gasteiger partial charge < -0.3 is 0 Å². The van der Waals surface area contributed by atoms with Crippen LogP contribution in [0.1, 0.15) is 5.56 Å². The molecule has 0 fully saturated rings. The third-order valence-corrected chi connectivity index (χ3v) is 11.6. The average molecular weight is 788 g/mol. The normalized spacial score (nSPS) is 10.9. The van der Waals surface area contributed by atoms with Gasteiger partial charge in [0.15, 0.2) is 0 Å². The molecule has 0 bridgehead atoms. The van der Waals surface area contributed by atoms with Crippen molar-refractivity contribution in [3.63, 3.8) is 0 Å². The number of hydrogen-bond acceptors (Lipinski definition) is 1. The van der Waals surface area contributed by atoms with Gasteiger partial charge in [-0.3, -0.25) is 0 Å². The van der Waals surface area contributed by atoms with Crippen molar-refractivity contribution in [2.24, 2.45) is 0 Å². The van der Waals surface area contributed by atoms with Gasteiger partial charge in [0.2, 0.25) is 0 Å². The SMILES string of the molecule is N#Cc1cc(-c2cc(-c3ccccc3)cc(-c3cccc(-c4ccccc4)c3)c2)cc(-c2cc(-c3cccc(-c4ccccc4)c3)cc(-c3cccc(-c4ccccc4)c3)c2)c1. The number of nitriles is 1. The Morgan fingerprint density at radius 2 is 0.355 bits per heavy atom. The zero-order valence-corrected chi connectivity index (χ0v) is 34.1. The molecule has 0 spiro atoms. The minimum absolute atomic E-state index is 0.611. The van der Waals surface area contributed by atoms with Crippen LogP contribution < -0.4 is 0 Å². The average Bonchev–Trinajstić information content (AvgIpc) is 3.37. The summed E-state index contributed by atoms with van der Waals surface area (Å²) in [6.45, 7) is 0. The van der Waals surface area contributed by atoms with Crippen LogP contribution in [0.3, 0.4) is 0 Å². The Morgan fingerprint density at radius 1 is 0.177 bits per heavy atom. The van der Waals surface area contributed by atoms with Crippen LogP contribution in [0.25, 0.3) is 100 Å². The van der Waals surface area contributed by atoms with E-state index in [9.17, 15) is 5.26 Å². The van der Waals surface area contributed by atoms with Gasteiger partial charge in [-0.05, 0) is 173 Å². The summed E-state index contributed by atoms with van der Waals surface area (Å²) in [5, 5.41) is 10.6. The predicted molar refractivity (Wildman–Crippen MR) is 260 cm³/mol. The smallest absolute Gasteiger partial charge is 0.0992 e. The van der Waals surface area contributed by atoms with Crippen molar-refractivity contribution in [2.45, 2.75) is 0 Å². The van der Waals surface area contributed by atoms with E-state index in [2.05, 4.69) is 243 Å². The Morgan fingerprint density at radius 3 is 0.629 bits per heavy atom. The van der Waals surface area contributed by atoms with Gasteiger partial charge in [-0.25, -0.2) is 0 Å². The van der Waals surface area contributed by atoms with Crippen molar-refractivity contribution in [2.75, 3.05) is 0 Å². The molecule has 290 valence electrons. The van der Waals surface area contributed by atoms with Crippen LogP contribution in [-0.2, 0) is 0 Å². The summed E-state index contributed by atoms with van der Waals surface area (Å²) in [6.07, 6.45) is 0. The second-order valence-electron chi connectivity index (χ2n) is 15.7. The third-order valence-electron chi connectivity index (χ3n) is 11.6. The first-order valence-electron chi connectivity index (χ1n) is 21.0. The van der Waals surface area contributed by atoms with Gasteiger partial charge in [-0.15, -0.1) is 0 Å². The van der Waals surface area contributed by atoms with E-state index < -0.39 is 0 Å². The zero-order valence-electron chi connectivity index (χ0n) is 34.1. The van der Waals surface area contributed by atoms with Crippen LogP contribution >= 0.6 is 0 Å². The molecule has 0 aromatic heterocycles. The summed E-state index contributed by atoms with van der Waals surface area (Å²) in [7, 11) is 0. The lowest BCUT2D eigenvalue weighted by Crippen LogP contribution is -1.91. The van der Waals surface area contributed by atoms with E-state index in [0.717, 1.165) is 66.8 Å². The molecule has 0 aliphatic rings. The van der Waals surface area contributed by atoms with Crippen LogP contribution in [0.15, 0.2) is 249 Å². The molecular formula is C61H41N. The number of nitrogens with zero attached hydrogens (tertiary/aromatic N) is 1. The lowest BCUT2D eigenvalue weighted by molar-refractivity contribution is 1.47. The van der Waals surface area contributed by atoms with Gasteiger partial charge in [0.05, 0.1) is 11.6 Å². The highest BCUT2D eigenvalue weighted by molar-refractivity contribution is 5.88. The van der Waals surface area contributed by atoms with Crippen LogP contribution in [0.5, 0.6) is 0 Å². The molecule has 0 atom stereocenters. The van der Waals surface area contributed by atoms with Crippen molar-refractivity contribution < 1.29 is 0 Å². The second-order valence-corrected chi connectivity index (χ2v) is 15.7. The molecule has 0 unspecified atom stereocenters. The van der Waals surface area contributed by atoms with E-state index >= 15 is 0 Å².